The number of H-pyrrole nitrogens is 1. The molecule has 1 aliphatic rings. The van der Waals surface area contributed by atoms with Gasteiger partial charge in [0.25, 0.3) is 5.91 Å². The Labute approximate surface area is 170 Å². The minimum atomic E-state index is -0.597. The molecule has 1 fully saturated rings. The van der Waals surface area contributed by atoms with Crippen molar-refractivity contribution < 1.29 is 14.3 Å². The third kappa shape index (κ3) is 5.30. The average Bonchev–Trinajstić information content (AvgIpc) is 3.42. The summed E-state index contributed by atoms with van der Waals surface area (Å²) in [7, 11) is 1.55. The van der Waals surface area contributed by atoms with Crippen LogP contribution in [0.4, 0.5) is 0 Å². The van der Waals surface area contributed by atoms with Gasteiger partial charge in [0.15, 0.2) is 5.82 Å². The smallest absolute Gasteiger partial charge is 0.252 e. The summed E-state index contributed by atoms with van der Waals surface area (Å²) in [5, 5.41) is 20.2. The third-order valence-electron chi connectivity index (χ3n) is 5.34. The second kappa shape index (κ2) is 9.99. The number of hydrogen-bond donors (Lipinski definition) is 3. The number of tetrazole rings is 1. The highest BCUT2D eigenvalue weighted by Crippen LogP contribution is 2.32. The Bertz CT molecular complexity index is 810. The zero-order valence-corrected chi connectivity index (χ0v) is 16.9. The summed E-state index contributed by atoms with van der Waals surface area (Å²) in [5.41, 5.74) is 0.462. The lowest BCUT2D eigenvalue weighted by Gasteiger charge is -2.23. The molecule has 2 amide bonds. The Morgan fingerprint density at radius 2 is 2.21 bits per heavy atom. The molecule has 29 heavy (non-hydrogen) atoms. The standard InChI is InChI=1S/C20H28N6O3/c1-3-4-10-17(22-19(27)13-7-5-8-14(12-13)29-2)20(28)21-16-11-6-9-15(16)18-23-25-26-24-18/h5,7-8,12,15-17H,3-4,6,9-11H2,1-2H3,(H,21,28)(H,22,27)(H,23,24,25,26)/t15-,16+,17+/m1/s1. The summed E-state index contributed by atoms with van der Waals surface area (Å²) in [6, 6.07) is 6.24. The molecule has 1 aromatic heterocycles. The van der Waals surface area contributed by atoms with Gasteiger partial charge in [-0.25, -0.2) is 0 Å². The molecule has 3 rings (SSSR count). The maximum absolute atomic E-state index is 13.0. The lowest BCUT2D eigenvalue weighted by molar-refractivity contribution is -0.124. The summed E-state index contributed by atoms with van der Waals surface area (Å²) in [6.45, 7) is 2.06. The molecule has 1 aliphatic carbocycles. The van der Waals surface area contributed by atoms with Crippen LogP contribution in [-0.4, -0.2) is 51.6 Å². The lowest BCUT2D eigenvalue weighted by atomic mass is 10.0. The van der Waals surface area contributed by atoms with Crippen LogP contribution in [0.2, 0.25) is 0 Å². The van der Waals surface area contributed by atoms with Gasteiger partial charge in [-0.05, 0) is 37.5 Å². The van der Waals surface area contributed by atoms with Crippen LogP contribution in [0, 0.1) is 0 Å². The first-order valence-electron chi connectivity index (χ1n) is 10.1. The number of nitrogens with one attached hydrogen (secondary N) is 3. The molecule has 0 radical (unpaired) electrons. The van der Waals surface area contributed by atoms with Crippen molar-refractivity contribution >= 4 is 11.8 Å². The summed E-state index contributed by atoms with van der Waals surface area (Å²) in [5.74, 6) is 0.800. The normalized spacial score (nSPS) is 19.5. The van der Waals surface area contributed by atoms with Gasteiger partial charge in [-0.15, -0.1) is 10.2 Å². The van der Waals surface area contributed by atoms with Crippen LogP contribution in [0.25, 0.3) is 0 Å². The van der Waals surface area contributed by atoms with Crippen molar-refractivity contribution in [3.63, 3.8) is 0 Å². The van der Waals surface area contributed by atoms with Gasteiger partial charge in [0.1, 0.15) is 11.8 Å². The predicted octanol–water partition coefficient (Wildman–Crippen LogP) is 1.95. The largest absolute Gasteiger partial charge is 0.497 e. The lowest BCUT2D eigenvalue weighted by Crippen LogP contribution is -2.50. The van der Waals surface area contributed by atoms with Gasteiger partial charge >= 0.3 is 0 Å². The van der Waals surface area contributed by atoms with E-state index in [-0.39, 0.29) is 23.8 Å². The molecule has 9 nitrogen and oxygen atoms in total. The van der Waals surface area contributed by atoms with Gasteiger partial charge in [0, 0.05) is 17.5 Å². The first-order valence-corrected chi connectivity index (χ1v) is 10.1. The van der Waals surface area contributed by atoms with Crippen LogP contribution in [-0.2, 0) is 4.79 Å². The van der Waals surface area contributed by atoms with E-state index in [1.165, 1.54) is 0 Å². The van der Waals surface area contributed by atoms with Crippen molar-refractivity contribution in [1.82, 2.24) is 31.3 Å². The van der Waals surface area contributed by atoms with Gasteiger partial charge in [-0.3, -0.25) is 9.59 Å². The Hall–Kier alpha value is -2.97. The van der Waals surface area contributed by atoms with Crippen LogP contribution in [0.1, 0.15) is 67.5 Å². The highest BCUT2D eigenvalue weighted by Gasteiger charge is 2.34. The minimum absolute atomic E-state index is 0.0404. The molecular weight excluding hydrogens is 372 g/mol. The molecule has 1 heterocycles. The number of carbonyl (C=O) groups is 2. The molecule has 2 aromatic rings. The van der Waals surface area contributed by atoms with Gasteiger partial charge in [-0.1, -0.05) is 37.5 Å². The van der Waals surface area contributed by atoms with Crippen molar-refractivity contribution in [3.8, 4) is 5.75 Å². The van der Waals surface area contributed by atoms with Gasteiger partial charge in [-0.2, -0.15) is 5.21 Å². The highest BCUT2D eigenvalue weighted by molar-refractivity contribution is 5.97. The molecule has 1 aromatic carbocycles. The molecule has 0 bridgehead atoms. The Morgan fingerprint density at radius 1 is 1.34 bits per heavy atom. The number of amides is 2. The maximum Gasteiger partial charge on any atom is 0.252 e. The Kier molecular flexibility index (Phi) is 7.15. The number of benzene rings is 1. The number of carbonyl (C=O) groups excluding carboxylic acids is 2. The monoisotopic (exact) mass is 400 g/mol. The van der Waals surface area contributed by atoms with Crippen LogP contribution >= 0.6 is 0 Å². The SMILES string of the molecule is CCCC[C@H](NC(=O)c1cccc(OC)c1)C(=O)N[C@H]1CCC[C@H]1c1nn[nH]n1. The molecule has 0 saturated heterocycles. The number of nitrogens with zero attached hydrogens (tertiary/aromatic N) is 3. The fourth-order valence-corrected chi connectivity index (χ4v) is 3.73. The third-order valence-corrected chi connectivity index (χ3v) is 5.34. The van der Waals surface area contributed by atoms with Crippen LogP contribution < -0.4 is 15.4 Å². The number of rotatable bonds is 9. The van der Waals surface area contributed by atoms with E-state index >= 15 is 0 Å². The van der Waals surface area contributed by atoms with Crippen molar-refractivity contribution in [2.24, 2.45) is 0 Å². The number of aromatic nitrogens is 4. The Morgan fingerprint density at radius 3 is 2.93 bits per heavy atom. The predicted molar refractivity (Wildman–Crippen MR) is 106 cm³/mol. The number of methoxy groups -OCH3 is 1. The average molecular weight is 400 g/mol. The van der Waals surface area contributed by atoms with Crippen molar-refractivity contribution in [3.05, 3.63) is 35.7 Å². The molecule has 9 heteroatoms. The second-order valence-electron chi connectivity index (χ2n) is 7.32. The zero-order chi connectivity index (χ0) is 20.6. The van der Waals surface area contributed by atoms with E-state index in [1.54, 1.807) is 31.4 Å². The van der Waals surface area contributed by atoms with E-state index in [2.05, 4.69) is 38.2 Å². The van der Waals surface area contributed by atoms with Crippen molar-refractivity contribution in [1.29, 1.82) is 0 Å². The van der Waals surface area contributed by atoms with Crippen molar-refractivity contribution in [2.45, 2.75) is 63.5 Å². The summed E-state index contributed by atoms with van der Waals surface area (Å²) in [6.07, 6.45) is 5.11. The van der Waals surface area contributed by atoms with Crippen molar-refractivity contribution in [2.75, 3.05) is 7.11 Å². The van der Waals surface area contributed by atoms with E-state index < -0.39 is 6.04 Å². The van der Waals surface area contributed by atoms with Gasteiger partial charge < -0.3 is 15.4 Å². The second-order valence-corrected chi connectivity index (χ2v) is 7.32. The summed E-state index contributed by atoms with van der Waals surface area (Å²) >= 11 is 0. The van der Waals surface area contributed by atoms with Gasteiger partial charge in [0.05, 0.1) is 7.11 Å². The molecule has 0 spiro atoms. The van der Waals surface area contributed by atoms with E-state index in [0.717, 1.165) is 32.1 Å². The molecule has 0 unspecified atom stereocenters. The van der Waals surface area contributed by atoms with E-state index in [9.17, 15) is 9.59 Å². The van der Waals surface area contributed by atoms with Crippen LogP contribution in [0.15, 0.2) is 24.3 Å². The summed E-state index contributed by atoms with van der Waals surface area (Å²) in [4.78, 5) is 25.7. The quantitative estimate of drug-likeness (QED) is 0.591. The Balaban J connectivity index is 1.67. The minimum Gasteiger partial charge on any atom is -0.497 e. The van der Waals surface area contributed by atoms with Crippen LogP contribution in [0.3, 0.4) is 0 Å². The molecule has 3 atom stereocenters. The fourth-order valence-electron chi connectivity index (χ4n) is 3.73. The first kappa shape index (κ1) is 20.8. The molecular formula is C20H28N6O3. The zero-order valence-electron chi connectivity index (χ0n) is 16.9. The van der Waals surface area contributed by atoms with E-state index in [1.807, 2.05) is 0 Å². The molecule has 1 saturated carbocycles. The number of aromatic amines is 1. The molecule has 156 valence electrons. The fraction of sp³-hybridized carbons (Fsp3) is 0.550. The van der Waals surface area contributed by atoms with Crippen LogP contribution in [0.5, 0.6) is 5.75 Å². The number of ether oxygens (including phenoxy) is 1. The van der Waals surface area contributed by atoms with E-state index in [0.29, 0.717) is 23.6 Å². The molecule has 3 N–H and O–H groups in total. The maximum atomic E-state index is 13.0. The topological polar surface area (TPSA) is 122 Å². The van der Waals surface area contributed by atoms with Gasteiger partial charge in [0.2, 0.25) is 5.91 Å². The number of unbranched alkanes of at least 4 members (excludes halogenated alkanes) is 1. The summed E-state index contributed by atoms with van der Waals surface area (Å²) < 4.78 is 5.18. The first-order chi connectivity index (χ1) is 14.1. The molecule has 0 aliphatic heterocycles. The highest BCUT2D eigenvalue weighted by atomic mass is 16.5. The van der Waals surface area contributed by atoms with E-state index in [4.69, 9.17) is 4.74 Å². The number of hydrogen-bond acceptors (Lipinski definition) is 6.